The average Bonchev–Trinajstić information content (AvgIpc) is 2.47. The van der Waals surface area contributed by atoms with Crippen molar-refractivity contribution in [3.8, 4) is 0 Å². The van der Waals surface area contributed by atoms with Gasteiger partial charge in [-0.1, -0.05) is 6.07 Å². The number of amides is 1. The number of carbonyl (C=O) groups excluding carboxylic acids is 1. The van der Waals surface area contributed by atoms with Crippen LogP contribution in [0.5, 0.6) is 0 Å². The second-order valence-corrected chi connectivity index (χ2v) is 8.94. The van der Waals surface area contributed by atoms with Gasteiger partial charge in [-0.25, -0.2) is 0 Å². The zero-order valence-corrected chi connectivity index (χ0v) is 15.3. The summed E-state index contributed by atoms with van der Waals surface area (Å²) in [4.78, 5) is 12.3. The van der Waals surface area contributed by atoms with Gasteiger partial charge >= 0.3 is 0 Å². The van der Waals surface area contributed by atoms with E-state index in [4.69, 9.17) is 0 Å². The zero-order valence-electron chi connectivity index (χ0n) is 13.7. The van der Waals surface area contributed by atoms with E-state index in [2.05, 4.69) is 26.6 Å². The molecule has 0 aromatic heterocycles. The highest BCUT2D eigenvalue weighted by molar-refractivity contribution is 9.10. The summed E-state index contributed by atoms with van der Waals surface area (Å²) in [7, 11) is 0. The summed E-state index contributed by atoms with van der Waals surface area (Å²) in [5, 5.41) is 6.67. The second-order valence-electron chi connectivity index (χ2n) is 8.08. The molecule has 0 unspecified atom stereocenters. The Morgan fingerprint density at radius 1 is 1.17 bits per heavy atom. The van der Waals surface area contributed by atoms with Gasteiger partial charge < -0.3 is 10.6 Å². The SMILES string of the molecule is Cc1ccc(NC(=O)CNC23CC4CC(CC(C4)C2)C3)c(Br)c1. The van der Waals surface area contributed by atoms with Crippen LogP contribution in [0.1, 0.15) is 44.1 Å². The third kappa shape index (κ3) is 3.20. The monoisotopic (exact) mass is 376 g/mol. The van der Waals surface area contributed by atoms with Gasteiger partial charge in [0.05, 0.1) is 12.2 Å². The maximum absolute atomic E-state index is 12.3. The first-order valence-electron chi connectivity index (χ1n) is 8.82. The number of nitrogens with one attached hydrogen (secondary N) is 2. The average molecular weight is 377 g/mol. The maximum Gasteiger partial charge on any atom is 0.238 e. The summed E-state index contributed by atoms with van der Waals surface area (Å²) >= 11 is 3.52. The van der Waals surface area contributed by atoms with Gasteiger partial charge in [0, 0.05) is 10.0 Å². The van der Waals surface area contributed by atoms with E-state index in [0.29, 0.717) is 6.54 Å². The van der Waals surface area contributed by atoms with Crippen molar-refractivity contribution in [2.75, 3.05) is 11.9 Å². The Morgan fingerprint density at radius 2 is 1.78 bits per heavy atom. The Morgan fingerprint density at radius 3 is 2.35 bits per heavy atom. The third-order valence-corrected chi connectivity index (χ3v) is 6.72. The molecule has 1 aromatic carbocycles. The van der Waals surface area contributed by atoms with E-state index in [9.17, 15) is 4.79 Å². The van der Waals surface area contributed by atoms with Gasteiger partial charge in [0.25, 0.3) is 0 Å². The fourth-order valence-electron chi connectivity index (χ4n) is 5.51. The summed E-state index contributed by atoms with van der Waals surface area (Å²) in [6.07, 6.45) is 8.14. The molecule has 4 aliphatic rings. The number of hydrogen-bond acceptors (Lipinski definition) is 2. The van der Waals surface area contributed by atoms with Crippen LogP contribution >= 0.6 is 15.9 Å². The molecule has 0 saturated heterocycles. The predicted octanol–water partition coefficient (Wildman–Crippen LogP) is 4.25. The number of benzene rings is 1. The Balaban J connectivity index is 1.36. The molecule has 4 saturated carbocycles. The Kier molecular flexibility index (Phi) is 4.01. The lowest BCUT2D eigenvalue weighted by atomic mass is 9.53. The van der Waals surface area contributed by atoms with E-state index in [-0.39, 0.29) is 11.4 Å². The molecule has 0 spiro atoms. The number of anilines is 1. The summed E-state index contributed by atoms with van der Waals surface area (Å²) in [5.74, 6) is 2.78. The molecule has 4 bridgehead atoms. The molecule has 0 aliphatic heterocycles. The molecule has 4 fully saturated rings. The summed E-state index contributed by atoms with van der Waals surface area (Å²) in [6.45, 7) is 2.47. The van der Waals surface area contributed by atoms with Gasteiger partial charge in [0.1, 0.15) is 0 Å². The molecule has 1 aromatic rings. The van der Waals surface area contributed by atoms with Crippen LogP contribution < -0.4 is 10.6 Å². The second kappa shape index (κ2) is 5.89. The van der Waals surface area contributed by atoms with Crippen LogP contribution in [0.15, 0.2) is 22.7 Å². The van der Waals surface area contributed by atoms with Gasteiger partial charge in [-0.2, -0.15) is 0 Å². The van der Waals surface area contributed by atoms with Crippen LogP contribution in [-0.4, -0.2) is 18.0 Å². The zero-order chi connectivity index (χ0) is 16.0. The van der Waals surface area contributed by atoms with Crippen LogP contribution in [-0.2, 0) is 4.79 Å². The van der Waals surface area contributed by atoms with Gasteiger partial charge in [0.15, 0.2) is 0 Å². The molecule has 4 aliphatic carbocycles. The number of aryl methyl sites for hydroxylation is 1. The van der Waals surface area contributed by atoms with E-state index in [1.807, 2.05) is 25.1 Å². The van der Waals surface area contributed by atoms with E-state index in [1.165, 1.54) is 44.1 Å². The fourth-order valence-corrected chi connectivity index (χ4v) is 6.10. The van der Waals surface area contributed by atoms with Crippen molar-refractivity contribution in [1.29, 1.82) is 0 Å². The van der Waals surface area contributed by atoms with Gasteiger partial charge in [-0.3, -0.25) is 4.79 Å². The molecule has 4 heteroatoms. The topological polar surface area (TPSA) is 41.1 Å². The maximum atomic E-state index is 12.3. The Labute approximate surface area is 146 Å². The van der Waals surface area contributed by atoms with E-state index in [0.717, 1.165) is 27.9 Å². The molecular formula is C19H25BrN2O. The first-order chi connectivity index (χ1) is 11.0. The van der Waals surface area contributed by atoms with Gasteiger partial charge in [-0.15, -0.1) is 0 Å². The first-order valence-corrected chi connectivity index (χ1v) is 9.62. The van der Waals surface area contributed by atoms with Crippen LogP contribution in [0.3, 0.4) is 0 Å². The molecule has 0 atom stereocenters. The van der Waals surface area contributed by atoms with E-state index < -0.39 is 0 Å². The molecule has 0 heterocycles. The standard InChI is InChI=1S/C19H25BrN2O/c1-12-2-3-17(16(20)4-12)22-18(23)11-21-19-8-13-5-14(9-19)7-15(6-13)10-19/h2-4,13-15,21H,5-11H2,1H3,(H,22,23). The third-order valence-electron chi connectivity index (χ3n) is 6.06. The minimum Gasteiger partial charge on any atom is -0.324 e. The predicted molar refractivity (Wildman–Crippen MR) is 96.4 cm³/mol. The van der Waals surface area contributed by atoms with E-state index in [1.54, 1.807) is 0 Å². The van der Waals surface area contributed by atoms with Gasteiger partial charge in [-0.05, 0) is 96.8 Å². The molecule has 124 valence electrons. The highest BCUT2D eigenvalue weighted by Crippen LogP contribution is 2.55. The number of carbonyl (C=O) groups is 1. The van der Waals surface area contributed by atoms with Crippen molar-refractivity contribution in [3.05, 3.63) is 28.2 Å². The fraction of sp³-hybridized carbons (Fsp3) is 0.632. The smallest absolute Gasteiger partial charge is 0.238 e. The lowest BCUT2D eigenvalue weighted by Gasteiger charge is -2.57. The van der Waals surface area contributed by atoms with Crippen molar-refractivity contribution in [2.24, 2.45) is 17.8 Å². The number of hydrogen-bond donors (Lipinski definition) is 2. The highest BCUT2D eigenvalue weighted by atomic mass is 79.9. The number of rotatable bonds is 4. The largest absolute Gasteiger partial charge is 0.324 e. The summed E-state index contributed by atoms with van der Waals surface area (Å²) < 4.78 is 0.945. The molecule has 3 nitrogen and oxygen atoms in total. The first kappa shape index (κ1) is 15.6. The van der Waals surface area contributed by atoms with Crippen LogP contribution in [0.2, 0.25) is 0 Å². The molecule has 0 radical (unpaired) electrons. The van der Waals surface area contributed by atoms with Crippen molar-refractivity contribution in [3.63, 3.8) is 0 Å². The minimum absolute atomic E-state index is 0.0605. The lowest BCUT2D eigenvalue weighted by molar-refractivity contribution is -0.116. The highest BCUT2D eigenvalue weighted by Gasteiger charge is 2.50. The van der Waals surface area contributed by atoms with Crippen molar-refractivity contribution in [2.45, 2.75) is 51.0 Å². The van der Waals surface area contributed by atoms with Crippen molar-refractivity contribution >= 4 is 27.5 Å². The van der Waals surface area contributed by atoms with Gasteiger partial charge in [0.2, 0.25) is 5.91 Å². The van der Waals surface area contributed by atoms with Crippen LogP contribution in [0, 0.1) is 24.7 Å². The lowest BCUT2D eigenvalue weighted by Crippen LogP contribution is -2.59. The molecule has 1 amide bonds. The molecule has 5 rings (SSSR count). The summed E-state index contributed by atoms with van der Waals surface area (Å²) in [5.41, 5.74) is 2.28. The quantitative estimate of drug-likeness (QED) is 0.824. The molecule has 23 heavy (non-hydrogen) atoms. The summed E-state index contributed by atoms with van der Waals surface area (Å²) in [6, 6.07) is 6.01. The van der Waals surface area contributed by atoms with Crippen LogP contribution in [0.4, 0.5) is 5.69 Å². The Hall–Kier alpha value is -0.870. The van der Waals surface area contributed by atoms with Crippen molar-refractivity contribution in [1.82, 2.24) is 5.32 Å². The van der Waals surface area contributed by atoms with E-state index >= 15 is 0 Å². The number of halogens is 1. The minimum atomic E-state index is 0.0605. The normalized spacial score (nSPS) is 34.6. The molecule has 2 N–H and O–H groups in total. The van der Waals surface area contributed by atoms with Crippen molar-refractivity contribution < 1.29 is 4.79 Å². The van der Waals surface area contributed by atoms with Crippen LogP contribution in [0.25, 0.3) is 0 Å². The Bertz CT molecular complexity index is 593. The molecular weight excluding hydrogens is 352 g/mol.